The van der Waals surface area contributed by atoms with Crippen LogP contribution in [0, 0.1) is 0 Å². The summed E-state index contributed by atoms with van der Waals surface area (Å²) >= 11 is 0. The van der Waals surface area contributed by atoms with Crippen LogP contribution in [-0.2, 0) is 17.3 Å². The Morgan fingerprint density at radius 1 is 1.36 bits per heavy atom. The van der Waals surface area contributed by atoms with Crippen LogP contribution in [0.1, 0.15) is 30.0 Å². The Balaban J connectivity index is 1.65. The topological polar surface area (TPSA) is 59.0 Å². The van der Waals surface area contributed by atoms with E-state index in [0.717, 1.165) is 18.4 Å². The molecule has 0 bridgehead atoms. The Kier molecular flexibility index (Phi) is 3.98. The molecule has 0 radical (unpaired) electrons. The van der Waals surface area contributed by atoms with Crippen molar-refractivity contribution in [3.63, 3.8) is 0 Å². The Morgan fingerprint density at radius 3 is 2.64 bits per heavy atom. The normalized spacial score (nSPS) is 17.0. The maximum Gasteiger partial charge on any atom is 0.241 e. The number of rotatable bonds is 6. The summed E-state index contributed by atoms with van der Waals surface area (Å²) in [5, 5.41) is 10.3. The Labute approximate surface area is 130 Å². The van der Waals surface area contributed by atoms with Gasteiger partial charge in [-0.2, -0.15) is 5.10 Å². The number of aryl methyl sites for hydroxylation is 1. The highest BCUT2D eigenvalue weighted by molar-refractivity contribution is 5.83. The van der Waals surface area contributed by atoms with Gasteiger partial charge in [-0.25, -0.2) is 0 Å². The zero-order valence-corrected chi connectivity index (χ0v) is 13.0. The number of benzene rings is 1. The van der Waals surface area contributed by atoms with Crippen LogP contribution in [0.5, 0.6) is 0 Å². The van der Waals surface area contributed by atoms with Gasteiger partial charge in [-0.15, -0.1) is 0 Å². The molecule has 1 amide bonds. The molecule has 22 heavy (non-hydrogen) atoms. The number of hydrogen-bond donors (Lipinski definition) is 2. The summed E-state index contributed by atoms with van der Waals surface area (Å²) in [4.78, 5) is 12.5. The molecule has 1 aliphatic rings. The Hall–Kier alpha value is -2.14. The first-order valence-corrected chi connectivity index (χ1v) is 7.64. The van der Waals surface area contributed by atoms with Gasteiger partial charge in [0.15, 0.2) is 0 Å². The lowest BCUT2D eigenvalue weighted by atomic mass is 9.96. The monoisotopic (exact) mass is 298 g/mol. The molecule has 5 nitrogen and oxygen atoms in total. The van der Waals surface area contributed by atoms with Crippen LogP contribution in [0.3, 0.4) is 0 Å². The average molecular weight is 298 g/mol. The number of carbonyl (C=O) groups excluding carboxylic acids is 1. The van der Waals surface area contributed by atoms with Crippen LogP contribution in [0.25, 0.3) is 0 Å². The third-order valence-corrected chi connectivity index (χ3v) is 4.45. The van der Waals surface area contributed by atoms with Gasteiger partial charge in [-0.05, 0) is 25.5 Å². The summed E-state index contributed by atoms with van der Waals surface area (Å²) in [6.07, 6.45) is 5.86. The lowest BCUT2D eigenvalue weighted by molar-refractivity contribution is -0.123. The van der Waals surface area contributed by atoms with Crippen LogP contribution >= 0.6 is 0 Å². The zero-order valence-electron chi connectivity index (χ0n) is 13.0. The number of likely N-dealkylation sites (N-methyl/N-ethyl adjacent to an activating group) is 1. The maximum absolute atomic E-state index is 12.5. The van der Waals surface area contributed by atoms with Gasteiger partial charge < -0.3 is 10.6 Å². The fourth-order valence-corrected chi connectivity index (χ4v) is 2.91. The predicted molar refractivity (Wildman–Crippen MR) is 85.4 cm³/mol. The summed E-state index contributed by atoms with van der Waals surface area (Å²) in [5.41, 5.74) is 2.33. The van der Waals surface area contributed by atoms with E-state index in [-0.39, 0.29) is 17.4 Å². The minimum Gasteiger partial charge on any atom is -0.354 e. The summed E-state index contributed by atoms with van der Waals surface area (Å²) in [6, 6.07) is 10.1. The minimum absolute atomic E-state index is 0.00212. The van der Waals surface area contributed by atoms with Gasteiger partial charge in [0.25, 0.3) is 0 Å². The van der Waals surface area contributed by atoms with Crippen LogP contribution in [0.4, 0.5) is 0 Å². The quantitative estimate of drug-likeness (QED) is 0.850. The third kappa shape index (κ3) is 2.90. The molecule has 1 saturated carbocycles. The molecule has 2 aromatic rings. The molecule has 2 N–H and O–H groups in total. The largest absolute Gasteiger partial charge is 0.354 e. The summed E-state index contributed by atoms with van der Waals surface area (Å²) < 4.78 is 1.71. The van der Waals surface area contributed by atoms with E-state index in [1.54, 1.807) is 17.9 Å². The second kappa shape index (κ2) is 5.93. The molecule has 0 saturated heterocycles. The van der Waals surface area contributed by atoms with Crippen molar-refractivity contribution in [1.82, 2.24) is 20.4 Å². The standard InChI is InChI=1S/C17H22N4O/c1-18-15(13-10-20-21(2)11-13)16(22)19-12-17(8-9-17)14-6-4-3-5-7-14/h3-7,10-11,15,18H,8-9,12H2,1-2H3,(H,19,22). The lowest BCUT2D eigenvalue weighted by Crippen LogP contribution is -2.39. The Morgan fingerprint density at radius 2 is 2.09 bits per heavy atom. The van der Waals surface area contributed by atoms with Crippen molar-refractivity contribution in [2.45, 2.75) is 24.3 Å². The van der Waals surface area contributed by atoms with Crippen LogP contribution in [0.2, 0.25) is 0 Å². The van der Waals surface area contributed by atoms with E-state index in [4.69, 9.17) is 0 Å². The van der Waals surface area contributed by atoms with Gasteiger partial charge in [0.2, 0.25) is 5.91 Å². The molecule has 1 unspecified atom stereocenters. The second-order valence-electron chi connectivity index (χ2n) is 6.03. The van der Waals surface area contributed by atoms with Crippen molar-refractivity contribution in [2.75, 3.05) is 13.6 Å². The number of nitrogens with one attached hydrogen (secondary N) is 2. The molecule has 3 rings (SSSR count). The fourth-order valence-electron chi connectivity index (χ4n) is 2.91. The summed E-state index contributed by atoms with van der Waals surface area (Å²) in [6.45, 7) is 0.689. The zero-order chi connectivity index (χ0) is 15.6. The molecular formula is C17H22N4O. The van der Waals surface area contributed by atoms with Gasteiger partial charge in [0, 0.05) is 30.8 Å². The first kappa shape index (κ1) is 14.8. The van der Waals surface area contributed by atoms with Crippen molar-refractivity contribution < 1.29 is 4.79 Å². The highest BCUT2D eigenvalue weighted by atomic mass is 16.2. The number of hydrogen-bond acceptors (Lipinski definition) is 3. The minimum atomic E-state index is -0.361. The molecule has 0 spiro atoms. The fraction of sp³-hybridized carbons (Fsp3) is 0.412. The van der Waals surface area contributed by atoms with Gasteiger partial charge in [-0.1, -0.05) is 30.3 Å². The Bertz CT molecular complexity index is 646. The highest BCUT2D eigenvalue weighted by Gasteiger charge is 2.44. The van der Waals surface area contributed by atoms with Crippen molar-refractivity contribution in [2.24, 2.45) is 7.05 Å². The average Bonchev–Trinajstić information content (AvgIpc) is 3.23. The molecule has 1 fully saturated rings. The smallest absolute Gasteiger partial charge is 0.241 e. The molecular weight excluding hydrogens is 276 g/mol. The summed E-state index contributed by atoms with van der Waals surface area (Å²) in [7, 11) is 3.64. The van der Waals surface area contributed by atoms with E-state index in [2.05, 4.69) is 40.0 Å². The first-order valence-electron chi connectivity index (χ1n) is 7.64. The molecule has 1 aromatic heterocycles. The summed E-state index contributed by atoms with van der Waals surface area (Å²) in [5.74, 6) is -0.00212. The van der Waals surface area contributed by atoms with Crippen LogP contribution < -0.4 is 10.6 Å². The van der Waals surface area contributed by atoms with E-state index in [1.165, 1.54) is 5.56 Å². The predicted octanol–water partition coefficient (Wildman–Crippen LogP) is 1.53. The van der Waals surface area contributed by atoms with E-state index in [0.29, 0.717) is 6.54 Å². The van der Waals surface area contributed by atoms with E-state index >= 15 is 0 Å². The van der Waals surface area contributed by atoms with Gasteiger partial charge in [-0.3, -0.25) is 9.48 Å². The first-order chi connectivity index (χ1) is 10.6. The van der Waals surface area contributed by atoms with Crippen molar-refractivity contribution in [1.29, 1.82) is 0 Å². The van der Waals surface area contributed by atoms with Gasteiger partial charge >= 0.3 is 0 Å². The molecule has 1 aromatic carbocycles. The lowest BCUT2D eigenvalue weighted by Gasteiger charge is -2.19. The second-order valence-corrected chi connectivity index (χ2v) is 6.03. The SMILES string of the molecule is CNC(C(=O)NCC1(c2ccccc2)CC1)c1cnn(C)c1. The molecule has 1 heterocycles. The third-order valence-electron chi connectivity index (χ3n) is 4.45. The van der Waals surface area contributed by atoms with Crippen molar-refractivity contribution in [3.8, 4) is 0 Å². The maximum atomic E-state index is 12.5. The number of amides is 1. The highest BCUT2D eigenvalue weighted by Crippen LogP contribution is 2.47. The van der Waals surface area contributed by atoms with E-state index < -0.39 is 0 Å². The number of nitrogens with zero attached hydrogens (tertiary/aromatic N) is 2. The molecule has 5 heteroatoms. The van der Waals surface area contributed by atoms with E-state index in [1.807, 2.05) is 19.3 Å². The van der Waals surface area contributed by atoms with Gasteiger partial charge in [0.05, 0.1) is 6.20 Å². The molecule has 0 aliphatic heterocycles. The van der Waals surface area contributed by atoms with Gasteiger partial charge in [0.1, 0.15) is 6.04 Å². The van der Waals surface area contributed by atoms with Crippen LogP contribution in [-0.4, -0.2) is 29.3 Å². The molecule has 116 valence electrons. The van der Waals surface area contributed by atoms with E-state index in [9.17, 15) is 4.79 Å². The molecule has 1 atom stereocenters. The van der Waals surface area contributed by atoms with Crippen molar-refractivity contribution >= 4 is 5.91 Å². The van der Waals surface area contributed by atoms with Crippen molar-refractivity contribution in [3.05, 3.63) is 53.9 Å². The number of carbonyl (C=O) groups is 1. The number of aromatic nitrogens is 2. The molecule has 1 aliphatic carbocycles. The van der Waals surface area contributed by atoms with Crippen LogP contribution in [0.15, 0.2) is 42.7 Å².